The third kappa shape index (κ3) is 8.47. The number of aromatic nitrogens is 3. The van der Waals surface area contributed by atoms with Gasteiger partial charge in [0.05, 0.1) is 38.8 Å². The van der Waals surface area contributed by atoms with E-state index in [1.54, 1.807) is 11.1 Å². The minimum atomic E-state index is -0.857. The Hall–Kier alpha value is -5.63. The maximum Gasteiger partial charge on any atom is 0.407 e. The van der Waals surface area contributed by atoms with Crippen molar-refractivity contribution in [2.75, 3.05) is 41.0 Å². The Morgan fingerprint density at radius 1 is 0.759 bits per heavy atom. The molecule has 0 bridgehead atoms. The van der Waals surface area contributed by atoms with Crippen molar-refractivity contribution in [3.8, 4) is 33.6 Å². The zero-order chi connectivity index (χ0) is 40.9. The van der Waals surface area contributed by atoms with Crippen LogP contribution < -0.4 is 10.6 Å². The van der Waals surface area contributed by atoms with Crippen molar-refractivity contribution in [2.45, 2.75) is 89.4 Å². The molecule has 4 N–H and O–H groups in total. The second kappa shape index (κ2) is 17.9. The number of nitrogens with zero attached hydrogens (tertiary/aromatic N) is 3. The van der Waals surface area contributed by atoms with E-state index < -0.39 is 24.3 Å². The number of ether oxygens (including phenoxy) is 3. The van der Waals surface area contributed by atoms with Gasteiger partial charge in [0, 0.05) is 44.0 Å². The van der Waals surface area contributed by atoms with Crippen LogP contribution in [0.1, 0.15) is 74.6 Å². The van der Waals surface area contributed by atoms with Crippen molar-refractivity contribution in [3.05, 3.63) is 77.4 Å². The fraction of sp³-hybridized carbons (Fsp3) is 0.477. The van der Waals surface area contributed by atoms with Gasteiger partial charge in [-0.05, 0) is 84.2 Å². The molecule has 4 heterocycles. The number of rotatable bonds is 13. The summed E-state index contributed by atoms with van der Waals surface area (Å²) in [5.41, 5.74) is 10.3. The third-order valence-corrected chi connectivity index (χ3v) is 11.9. The van der Waals surface area contributed by atoms with Gasteiger partial charge in [0.25, 0.3) is 0 Å². The van der Waals surface area contributed by atoms with E-state index in [4.69, 9.17) is 14.2 Å². The van der Waals surface area contributed by atoms with E-state index in [-0.39, 0.29) is 36.4 Å². The van der Waals surface area contributed by atoms with Crippen LogP contribution >= 0.6 is 0 Å². The van der Waals surface area contributed by atoms with Crippen LogP contribution in [0.25, 0.3) is 33.6 Å². The summed E-state index contributed by atoms with van der Waals surface area (Å²) in [4.78, 5) is 66.7. The van der Waals surface area contributed by atoms with Crippen LogP contribution in [-0.2, 0) is 43.1 Å². The number of H-pyrrole nitrogens is 2. The minimum Gasteiger partial charge on any atom is -0.453 e. The lowest BCUT2D eigenvalue weighted by atomic mass is 9.99. The highest BCUT2D eigenvalue weighted by Crippen LogP contribution is 2.38. The molecule has 14 heteroatoms. The normalized spacial score (nSPS) is 18.6. The number of hydrogen-bond donors (Lipinski definition) is 4. The van der Waals surface area contributed by atoms with E-state index in [9.17, 15) is 19.2 Å². The van der Waals surface area contributed by atoms with Crippen LogP contribution in [0.3, 0.4) is 0 Å². The number of nitrogens with one attached hydrogen (secondary N) is 4. The monoisotopic (exact) mass is 793 g/mol. The Bertz CT molecular complexity index is 2090. The summed E-state index contributed by atoms with van der Waals surface area (Å²) in [6.07, 6.45) is 7.93. The van der Waals surface area contributed by atoms with Gasteiger partial charge in [-0.2, -0.15) is 0 Å². The number of carbonyl (C=O) groups is 4. The van der Waals surface area contributed by atoms with Gasteiger partial charge < -0.3 is 44.6 Å². The maximum atomic E-state index is 13.7. The molecule has 3 aliphatic rings. The number of alkyl carbamates (subject to hydrolysis) is 2. The van der Waals surface area contributed by atoms with Crippen LogP contribution in [-0.4, -0.2) is 108 Å². The van der Waals surface area contributed by atoms with Crippen molar-refractivity contribution in [1.82, 2.24) is 35.4 Å². The predicted molar refractivity (Wildman–Crippen MR) is 219 cm³/mol. The van der Waals surface area contributed by atoms with E-state index in [1.807, 2.05) is 18.7 Å². The van der Waals surface area contributed by atoms with Gasteiger partial charge in [0.2, 0.25) is 11.8 Å². The molecule has 7 rings (SSSR count). The first kappa shape index (κ1) is 40.6. The van der Waals surface area contributed by atoms with Crippen LogP contribution in [0.5, 0.6) is 0 Å². The van der Waals surface area contributed by atoms with Gasteiger partial charge in [0.1, 0.15) is 17.9 Å². The Labute approximate surface area is 339 Å². The molecule has 4 aromatic rings. The van der Waals surface area contributed by atoms with Crippen molar-refractivity contribution >= 4 is 24.0 Å². The number of aromatic amines is 2. The molecule has 0 saturated carbocycles. The van der Waals surface area contributed by atoms with Gasteiger partial charge >= 0.3 is 12.2 Å². The van der Waals surface area contributed by atoms with Crippen LogP contribution in [0.15, 0.2) is 54.7 Å². The number of benzene rings is 2. The fourth-order valence-electron chi connectivity index (χ4n) is 8.91. The zero-order valence-corrected chi connectivity index (χ0v) is 34.1. The smallest absolute Gasteiger partial charge is 0.407 e. The lowest BCUT2D eigenvalue weighted by molar-refractivity contribution is -0.136. The molecular formula is C44H55N7O7. The third-order valence-electron chi connectivity index (χ3n) is 11.9. The number of methoxy groups -OCH3 is 3. The minimum absolute atomic E-state index is 0.0358. The first-order valence-electron chi connectivity index (χ1n) is 20.4. The SMILES string of the molecule is COC[C@H](NC(=O)OC)C(=O)N1CCC[C@H]1c1ncc(-c2ccc(-c3ccc(-c4[nH]c(C[C@@H]5CCCN5C(=O)C(NC(=O)OC)C(C)C)c5c4CCC5)cc3)cc2)[nH]1. The molecule has 4 amide bonds. The summed E-state index contributed by atoms with van der Waals surface area (Å²) < 4.78 is 14.7. The Morgan fingerprint density at radius 3 is 2.05 bits per heavy atom. The average Bonchev–Trinajstić information content (AvgIpc) is 4.09. The molecule has 4 atom stereocenters. The first-order chi connectivity index (χ1) is 28.1. The number of hydrogen-bond acceptors (Lipinski definition) is 8. The number of likely N-dealkylation sites (tertiary alicyclic amines) is 2. The van der Waals surface area contributed by atoms with Gasteiger partial charge in [0.15, 0.2) is 0 Å². The highest BCUT2D eigenvalue weighted by atomic mass is 16.5. The van der Waals surface area contributed by atoms with Crippen LogP contribution in [0.2, 0.25) is 0 Å². The zero-order valence-electron chi connectivity index (χ0n) is 34.1. The second-order valence-corrected chi connectivity index (χ2v) is 15.8. The fourth-order valence-corrected chi connectivity index (χ4v) is 8.91. The van der Waals surface area contributed by atoms with Gasteiger partial charge in [-0.3, -0.25) is 9.59 Å². The summed E-state index contributed by atoms with van der Waals surface area (Å²) in [6.45, 7) is 5.17. The summed E-state index contributed by atoms with van der Waals surface area (Å²) >= 11 is 0. The molecule has 2 aliphatic heterocycles. The molecule has 58 heavy (non-hydrogen) atoms. The van der Waals surface area contributed by atoms with Crippen LogP contribution in [0, 0.1) is 5.92 Å². The topological polar surface area (TPSA) is 171 Å². The van der Waals surface area contributed by atoms with Crippen LogP contribution in [0.4, 0.5) is 9.59 Å². The summed E-state index contributed by atoms with van der Waals surface area (Å²) in [5.74, 6) is 0.363. The van der Waals surface area contributed by atoms with Crippen molar-refractivity contribution < 1.29 is 33.4 Å². The molecule has 14 nitrogen and oxygen atoms in total. The molecule has 2 fully saturated rings. The van der Waals surface area contributed by atoms with Gasteiger partial charge in [-0.1, -0.05) is 62.4 Å². The Balaban J connectivity index is 1.02. The van der Waals surface area contributed by atoms with E-state index in [1.165, 1.54) is 43.8 Å². The summed E-state index contributed by atoms with van der Waals surface area (Å²) in [6, 6.07) is 15.4. The van der Waals surface area contributed by atoms with Gasteiger partial charge in [-0.15, -0.1) is 0 Å². The molecule has 2 saturated heterocycles. The number of carbonyl (C=O) groups excluding carboxylic acids is 4. The highest BCUT2D eigenvalue weighted by molar-refractivity contribution is 5.87. The largest absolute Gasteiger partial charge is 0.453 e. The molecular weight excluding hydrogens is 739 g/mol. The molecule has 2 aromatic heterocycles. The quantitative estimate of drug-likeness (QED) is 0.124. The molecule has 1 unspecified atom stereocenters. The van der Waals surface area contributed by atoms with E-state index in [0.29, 0.717) is 18.9 Å². The summed E-state index contributed by atoms with van der Waals surface area (Å²) in [5, 5.41) is 5.34. The average molecular weight is 794 g/mol. The lowest BCUT2D eigenvalue weighted by Gasteiger charge is -2.31. The number of fused-ring (bicyclic) bond motifs is 1. The standard InChI is InChI=1S/C44H55N7O7/c1-26(2)38(49-44(55)58-5)42(53)50-21-7-9-31(50)23-34-32-10-6-11-33(32)39(46-34)30-19-15-28(16-20-30)27-13-17-29(18-14-27)35-24-45-40(47-35)37-12-8-22-51(37)41(52)36(25-56-3)48-43(54)57-4/h13-20,24,26,31,36-38,46H,6-12,21-23,25H2,1-5H3,(H,45,47)(H,48,54)(H,49,55)/t31-,36-,37-,38?/m0/s1. The summed E-state index contributed by atoms with van der Waals surface area (Å²) in [7, 11) is 4.06. The first-order valence-corrected chi connectivity index (χ1v) is 20.4. The molecule has 1 aliphatic carbocycles. The Morgan fingerprint density at radius 2 is 1.38 bits per heavy atom. The van der Waals surface area contributed by atoms with Crippen molar-refractivity contribution in [1.29, 1.82) is 0 Å². The second-order valence-electron chi connectivity index (χ2n) is 15.8. The number of imidazole rings is 1. The molecule has 2 aromatic carbocycles. The highest BCUT2D eigenvalue weighted by Gasteiger charge is 2.38. The van der Waals surface area contributed by atoms with E-state index >= 15 is 0 Å². The maximum absolute atomic E-state index is 13.7. The number of amides is 4. The molecule has 308 valence electrons. The molecule has 0 radical (unpaired) electrons. The van der Waals surface area contributed by atoms with Crippen molar-refractivity contribution in [2.24, 2.45) is 5.92 Å². The lowest BCUT2D eigenvalue weighted by Crippen LogP contribution is -2.52. The Kier molecular flexibility index (Phi) is 12.5. The van der Waals surface area contributed by atoms with Gasteiger partial charge in [-0.25, -0.2) is 14.6 Å². The van der Waals surface area contributed by atoms with E-state index in [2.05, 4.69) is 74.1 Å². The molecule has 0 spiro atoms. The van der Waals surface area contributed by atoms with E-state index in [0.717, 1.165) is 79.3 Å². The predicted octanol–water partition coefficient (Wildman–Crippen LogP) is 6.18. The van der Waals surface area contributed by atoms with Crippen molar-refractivity contribution in [3.63, 3.8) is 0 Å².